The summed E-state index contributed by atoms with van der Waals surface area (Å²) in [7, 11) is 0. The van der Waals surface area contributed by atoms with E-state index in [0.29, 0.717) is 12.2 Å². The van der Waals surface area contributed by atoms with Crippen LogP contribution in [-0.4, -0.2) is 11.0 Å². The van der Waals surface area contributed by atoms with Crippen LogP contribution in [0.4, 0.5) is 0 Å². The molecule has 0 spiro atoms. The molecule has 0 saturated carbocycles. The molecule has 3 nitrogen and oxygen atoms in total. The lowest BCUT2D eigenvalue weighted by Crippen LogP contribution is -2.07. The van der Waals surface area contributed by atoms with E-state index in [1.165, 1.54) is 76.2 Å². The lowest BCUT2D eigenvalue weighted by Gasteiger charge is -2.08. The SMILES string of the molecule is CCCCCCCCCCCc1ccc(-c2ccc(OC(=O)CCCCC(C)CC)cc2)nc1. The van der Waals surface area contributed by atoms with E-state index < -0.39 is 0 Å². The van der Waals surface area contributed by atoms with Crippen molar-refractivity contribution in [1.29, 1.82) is 0 Å². The number of nitrogens with zero attached hydrogens (tertiary/aromatic N) is 1. The molecule has 34 heavy (non-hydrogen) atoms. The van der Waals surface area contributed by atoms with Gasteiger partial charge < -0.3 is 4.74 Å². The first-order chi connectivity index (χ1) is 16.6. The molecule has 0 amide bonds. The van der Waals surface area contributed by atoms with Gasteiger partial charge in [0.2, 0.25) is 0 Å². The molecule has 0 aliphatic carbocycles. The van der Waals surface area contributed by atoms with Crippen LogP contribution in [-0.2, 0) is 11.2 Å². The van der Waals surface area contributed by atoms with Crippen molar-refractivity contribution in [1.82, 2.24) is 4.98 Å². The van der Waals surface area contributed by atoms with E-state index in [1.54, 1.807) is 0 Å². The second-order valence-corrected chi connectivity index (χ2v) is 9.89. The van der Waals surface area contributed by atoms with E-state index in [4.69, 9.17) is 4.74 Å². The van der Waals surface area contributed by atoms with Crippen molar-refractivity contribution in [2.45, 2.75) is 117 Å². The number of hydrogen-bond donors (Lipinski definition) is 0. The van der Waals surface area contributed by atoms with Crippen LogP contribution >= 0.6 is 0 Å². The van der Waals surface area contributed by atoms with E-state index in [1.807, 2.05) is 30.5 Å². The molecule has 3 heteroatoms. The van der Waals surface area contributed by atoms with Crippen LogP contribution in [0.5, 0.6) is 5.75 Å². The molecule has 1 aromatic heterocycles. The highest BCUT2D eigenvalue weighted by Crippen LogP contribution is 2.22. The minimum atomic E-state index is -0.143. The number of aromatic nitrogens is 1. The molecule has 0 radical (unpaired) electrons. The van der Waals surface area contributed by atoms with Gasteiger partial charge in [0.25, 0.3) is 0 Å². The standard InChI is InChI=1S/C31H47NO2/c1-4-6-7-8-9-10-11-12-13-17-27-19-24-30(32-25-27)28-20-22-29(23-21-28)34-31(33)18-15-14-16-26(3)5-2/h19-26H,4-18H2,1-3H3. The van der Waals surface area contributed by atoms with Crippen molar-refractivity contribution in [3.05, 3.63) is 48.2 Å². The molecule has 1 heterocycles. The summed E-state index contributed by atoms with van der Waals surface area (Å²) in [6.45, 7) is 6.75. The fourth-order valence-corrected chi connectivity index (χ4v) is 4.23. The first-order valence-corrected chi connectivity index (χ1v) is 13.9. The Morgan fingerprint density at radius 2 is 1.50 bits per heavy atom. The van der Waals surface area contributed by atoms with E-state index in [-0.39, 0.29) is 5.97 Å². The van der Waals surface area contributed by atoms with Crippen LogP contribution in [0.2, 0.25) is 0 Å². The van der Waals surface area contributed by atoms with Crippen LogP contribution in [0.25, 0.3) is 11.3 Å². The maximum absolute atomic E-state index is 12.1. The monoisotopic (exact) mass is 465 g/mol. The Morgan fingerprint density at radius 1 is 0.824 bits per heavy atom. The van der Waals surface area contributed by atoms with Crippen molar-refractivity contribution < 1.29 is 9.53 Å². The van der Waals surface area contributed by atoms with Gasteiger partial charge in [-0.25, -0.2) is 0 Å². The molecule has 0 bridgehead atoms. The molecule has 0 aliphatic rings. The summed E-state index contributed by atoms with van der Waals surface area (Å²) in [6.07, 6.45) is 20.2. The highest BCUT2D eigenvalue weighted by molar-refractivity contribution is 5.72. The zero-order chi connectivity index (χ0) is 24.4. The van der Waals surface area contributed by atoms with Gasteiger partial charge in [0.15, 0.2) is 0 Å². The highest BCUT2D eigenvalue weighted by atomic mass is 16.5. The number of unbranched alkanes of at least 4 members (excludes halogenated alkanes) is 9. The summed E-state index contributed by atoms with van der Waals surface area (Å²) in [4.78, 5) is 16.7. The summed E-state index contributed by atoms with van der Waals surface area (Å²) < 4.78 is 5.49. The molecule has 188 valence electrons. The maximum Gasteiger partial charge on any atom is 0.311 e. The van der Waals surface area contributed by atoms with Crippen molar-refractivity contribution in [2.24, 2.45) is 5.92 Å². The minimum absolute atomic E-state index is 0.143. The van der Waals surface area contributed by atoms with Crippen molar-refractivity contribution in [2.75, 3.05) is 0 Å². The molecule has 0 saturated heterocycles. The smallest absolute Gasteiger partial charge is 0.311 e. The van der Waals surface area contributed by atoms with Crippen molar-refractivity contribution in [3.63, 3.8) is 0 Å². The normalized spacial score (nSPS) is 12.0. The van der Waals surface area contributed by atoms with Gasteiger partial charge in [0.1, 0.15) is 5.75 Å². The van der Waals surface area contributed by atoms with Gasteiger partial charge in [-0.1, -0.05) is 97.5 Å². The van der Waals surface area contributed by atoms with Gasteiger partial charge in [-0.15, -0.1) is 0 Å². The van der Waals surface area contributed by atoms with Crippen LogP contribution in [0, 0.1) is 5.92 Å². The number of hydrogen-bond acceptors (Lipinski definition) is 3. The zero-order valence-corrected chi connectivity index (χ0v) is 22.0. The fourth-order valence-electron chi connectivity index (χ4n) is 4.23. The number of carbonyl (C=O) groups excluding carboxylic acids is 1. The highest BCUT2D eigenvalue weighted by Gasteiger charge is 2.07. The summed E-state index contributed by atoms with van der Waals surface area (Å²) in [5.74, 6) is 1.20. The van der Waals surface area contributed by atoms with Gasteiger partial charge in [-0.2, -0.15) is 0 Å². The number of pyridine rings is 1. The second-order valence-electron chi connectivity index (χ2n) is 9.89. The number of aryl methyl sites for hydroxylation is 1. The summed E-state index contributed by atoms with van der Waals surface area (Å²) in [5, 5.41) is 0. The average molecular weight is 466 g/mol. The molecule has 0 N–H and O–H groups in total. The molecular weight excluding hydrogens is 418 g/mol. The maximum atomic E-state index is 12.1. The predicted molar refractivity (Wildman–Crippen MR) is 144 cm³/mol. The number of carbonyl (C=O) groups is 1. The van der Waals surface area contributed by atoms with Gasteiger partial charge in [-0.05, 0) is 61.1 Å². The number of rotatable bonds is 18. The fraction of sp³-hybridized carbons (Fsp3) is 0.613. The largest absolute Gasteiger partial charge is 0.427 e. The summed E-state index contributed by atoms with van der Waals surface area (Å²) in [5.41, 5.74) is 3.31. The molecule has 2 rings (SSSR count). The van der Waals surface area contributed by atoms with Gasteiger partial charge >= 0.3 is 5.97 Å². The van der Waals surface area contributed by atoms with E-state index >= 15 is 0 Å². The molecule has 1 atom stereocenters. The summed E-state index contributed by atoms with van der Waals surface area (Å²) in [6, 6.07) is 12.0. The molecule has 0 aliphatic heterocycles. The Hall–Kier alpha value is -2.16. The van der Waals surface area contributed by atoms with Crippen molar-refractivity contribution >= 4 is 5.97 Å². The van der Waals surface area contributed by atoms with Gasteiger partial charge in [0, 0.05) is 18.2 Å². The third-order valence-electron chi connectivity index (χ3n) is 6.80. The molecule has 0 fully saturated rings. The quantitative estimate of drug-likeness (QED) is 0.125. The second kappa shape index (κ2) is 17.3. The van der Waals surface area contributed by atoms with Crippen molar-refractivity contribution in [3.8, 4) is 17.0 Å². The minimum Gasteiger partial charge on any atom is -0.427 e. The lowest BCUT2D eigenvalue weighted by atomic mass is 10.0. The number of esters is 1. The van der Waals surface area contributed by atoms with Crippen LogP contribution in [0.1, 0.15) is 116 Å². The first kappa shape index (κ1) is 28.1. The van der Waals surface area contributed by atoms with Crippen LogP contribution in [0.3, 0.4) is 0 Å². The number of ether oxygens (including phenoxy) is 1. The third kappa shape index (κ3) is 11.8. The summed E-state index contributed by atoms with van der Waals surface area (Å²) >= 11 is 0. The van der Waals surface area contributed by atoms with E-state index in [0.717, 1.165) is 36.4 Å². The Balaban J connectivity index is 1.66. The predicted octanol–water partition coefficient (Wildman–Crippen LogP) is 9.33. The number of benzene rings is 1. The van der Waals surface area contributed by atoms with Crippen LogP contribution < -0.4 is 4.74 Å². The average Bonchev–Trinajstić information content (AvgIpc) is 2.86. The van der Waals surface area contributed by atoms with E-state index in [9.17, 15) is 4.79 Å². The Labute approximate surface area is 208 Å². The molecule has 1 aromatic carbocycles. The first-order valence-electron chi connectivity index (χ1n) is 13.9. The molecular formula is C31H47NO2. The Morgan fingerprint density at radius 3 is 2.12 bits per heavy atom. The molecule has 2 aromatic rings. The van der Waals surface area contributed by atoms with Crippen LogP contribution in [0.15, 0.2) is 42.6 Å². The van der Waals surface area contributed by atoms with E-state index in [2.05, 4.69) is 37.9 Å². The zero-order valence-electron chi connectivity index (χ0n) is 22.0. The van der Waals surface area contributed by atoms with Gasteiger partial charge in [0.05, 0.1) is 5.69 Å². The topological polar surface area (TPSA) is 39.2 Å². The lowest BCUT2D eigenvalue weighted by molar-refractivity contribution is -0.134. The Bertz CT molecular complexity index is 782. The third-order valence-corrected chi connectivity index (χ3v) is 6.80. The Kier molecular flexibility index (Phi) is 14.3. The van der Waals surface area contributed by atoms with Gasteiger partial charge in [-0.3, -0.25) is 9.78 Å². The molecule has 1 unspecified atom stereocenters.